The minimum Gasteiger partial charge on any atom is -0.480 e. The quantitative estimate of drug-likeness (QED) is 0.748. The molecule has 6 nitrogen and oxygen atoms in total. The minimum absolute atomic E-state index is 0.0680. The Hall–Kier alpha value is -2.60. The average Bonchev–Trinajstić information content (AvgIpc) is 2.60. The summed E-state index contributed by atoms with van der Waals surface area (Å²) in [5.74, 6) is -1.13. The molecular weight excluding hydrogens is 392 g/mol. The summed E-state index contributed by atoms with van der Waals surface area (Å²) in [4.78, 5) is 29.5. The van der Waals surface area contributed by atoms with Gasteiger partial charge in [0.15, 0.2) is 0 Å². The van der Waals surface area contributed by atoms with Crippen LogP contribution >= 0.6 is 11.6 Å². The van der Waals surface area contributed by atoms with Gasteiger partial charge in [0.05, 0.1) is 0 Å². The van der Waals surface area contributed by atoms with Crippen LogP contribution < -0.4 is 0 Å². The van der Waals surface area contributed by atoms with Crippen LogP contribution in [0.4, 0.5) is 4.79 Å². The molecule has 156 valence electrons. The predicted molar refractivity (Wildman–Crippen MR) is 113 cm³/mol. The summed E-state index contributed by atoms with van der Waals surface area (Å²) in [6, 6.07) is 6.33. The Balaban J connectivity index is 2.28. The summed E-state index contributed by atoms with van der Waals surface area (Å²) in [7, 11) is 1.41. The Morgan fingerprint density at radius 2 is 1.90 bits per heavy atom. The first-order valence-electron chi connectivity index (χ1n) is 9.30. The lowest BCUT2D eigenvalue weighted by Crippen LogP contribution is -2.46. The number of carbonyl (C=O) groups excluding carboxylic acids is 1. The number of rotatable bonds is 5. The highest BCUT2D eigenvalue weighted by atomic mass is 35.5. The molecule has 7 heteroatoms. The number of hydrogen-bond donors (Lipinski definition) is 1. The van der Waals surface area contributed by atoms with E-state index in [1.54, 1.807) is 33.0 Å². The number of ether oxygens (including phenoxy) is 1. The van der Waals surface area contributed by atoms with Crippen molar-refractivity contribution in [1.82, 2.24) is 9.88 Å². The molecular formula is C22H27ClN2O4. The molecule has 0 unspecified atom stereocenters. The van der Waals surface area contributed by atoms with Crippen LogP contribution in [0.2, 0.25) is 5.02 Å². The normalized spacial score (nSPS) is 12.4. The third kappa shape index (κ3) is 5.70. The molecule has 1 aromatic heterocycles. The van der Waals surface area contributed by atoms with Crippen LogP contribution in [0, 0.1) is 13.8 Å². The van der Waals surface area contributed by atoms with Crippen molar-refractivity contribution in [3.8, 4) is 11.1 Å². The molecule has 1 heterocycles. The van der Waals surface area contributed by atoms with Crippen LogP contribution in [0.1, 0.15) is 37.6 Å². The molecule has 0 radical (unpaired) electrons. The van der Waals surface area contributed by atoms with Gasteiger partial charge in [0.1, 0.15) is 11.6 Å². The Morgan fingerprint density at radius 1 is 1.24 bits per heavy atom. The number of amides is 1. The van der Waals surface area contributed by atoms with Gasteiger partial charge in [-0.2, -0.15) is 0 Å². The smallest absolute Gasteiger partial charge is 0.410 e. The van der Waals surface area contributed by atoms with E-state index in [-0.39, 0.29) is 6.42 Å². The van der Waals surface area contributed by atoms with E-state index >= 15 is 0 Å². The molecule has 29 heavy (non-hydrogen) atoms. The van der Waals surface area contributed by atoms with Crippen LogP contribution in [-0.2, 0) is 16.0 Å². The van der Waals surface area contributed by atoms with Crippen LogP contribution in [0.3, 0.4) is 0 Å². The van der Waals surface area contributed by atoms with Crippen molar-refractivity contribution in [2.45, 2.75) is 52.7 Å². The molecule has 1 N–H and O–H groups in total. The first-order valence-corrected chi connectivity index (χ1v) is 9.68. The summed E-state index contributed by atoms with van der Waals surface area (Å²) in [6.45, 7) is 9.13. The zero-order valence-corrected chi connectivity index (χ0v) is 18.4. The molecule has 2 aromatic rings. The second kappa shape index (κ2) is 8.82. The molecule has 0 spiro atoms. The fourth-order valence-corrected chi connectivity index (χ4v) is 3.15. The highest BCUT2D eigenvalue weighted by molar-refractivity contribution is 6.31. The molecule has 0 saturated carbocycles. The van der Waals surface area contributed by atoms with E-state index in [9.17, 15) is 14.7 Å². The van der Waals surface area contributed by atoms with Crippen molar-refractivity contribution in [2.75, 3.05) is 7.05 Å². The van der Waals surface area contributed by atoms with E-state index < -0.39 is 23.7 Å². The summed E-state index contributed by atoms with van der Waals surface area (Å²) in [5.41, 5.74) is 3.87. The first-order chi connectivity index (χ1) is 13.4. The van der Waals surface area contributed by atoms with Crippen molar-refractivity contribution < 1.29 is 19.4 Å². The maximum atomic E-state index is 12.3. The standard InChI is InChI=1S/C22H27ClN2O4/c1-13-14(2)24-10-9-17(13)15-7-8-16(18(23)11-15)12-19(20(26)27)25(6)21(28)29-22(3,4)5/h7-11,19H,12H2,1-6H3,(H,26,27)/t19-/m0/s1. The number of aromatic nitrogens is 1. The van der Waals surface area contributed by atoms with Gasteiger partial charge in [-0.05, 0) is 69.0 Å². The Bertz CT molecular complexity index is 922. The number of benzene rings is 1. The maximum absolute atomic E-state index is 12.3. The highest BCUT2D eigenvalue weighted by Gasteiger charge is 2.30. The van der Waals surface area contributed by atoms with E-state index in [2.05, 4.69) is 4.98 Å². The molecule has 2 rings (SSSR count). The van der Waals surface area contributed by atoms with E-state index in [4.69, 9.17) is 16.3 Å². The predicted octanol–water partition coefficient (Wildman–Crippen LogP) is 4.88. The Morgan fingerprint density at radius 3 is 2.45 bits per heavy atom. The topological polar surface area (TPSA) is 79.7 Å². The van der Waals surface area contributed by atoms with Gasteiger partial charge in [-0.3, -0.25) is 9.88 Å². The number of aryl methyl sites for hydroxylation is 1. The summed E-state index contributed by atoms with van der Waals surface area (Å²) >= 11 is 6.47. The Kier molecular flexibility index (Phi) is 6.90. The minimum atomic E-state index is -1.13. The van der Waals surface area contributed by atoms with Crippen molar-refractivity contribution >= 4 is 23.7 Å². The molecule has 0 aliphatic rings. The molecule has 0 bridgehead atoms. The third-order valence-corrected chi connectivity index (χ3v) is 5.02. The van der Waals surface area contributed by atoms with Crippen LogP contribution in [-0.4, -0.2) is 45.7 Å². The first kappa shape index (κ1) is 22.7. The monoisotopic (exact) mass is 418 g/mol. The molecule has 0 aliphatic carbocycles. The second-order valence-corrected chi connectivity index (χ2v) is 8.43. The Labute approximate surface area is 176 Å². The van der Waals surface area contributed by atoms with Gasteiger partial charge in [0, 0.05) is 30.4 Å². The van der Waals surface area contributed by atoms with Crippen LogP contribution in [0.5, 0.6) is 0 Å². The zero-order valence-electron chi connectivity index (χ0n) is 17.6. The summed E-state index contributed by atoms with van der Waals surface area (Å²) in [5, 5.41) is 10.1. The number of carboxylic acid groups (broad SMARTS) is 1. The highest BCUT2D eigenvalue weighted by Crippen LogP contribution is 2.29. The van der Waals surface area contributed by atoms with Gasteiger partial charge in [-0.25, -0.2) is 9.59 Å². The maximum Gasteiger partial charge on any atom is 0.410 e. The molecule has 1 amide bonds. The molecule has 0 aliphatic heterocycles. The van der Waals surface area contributed by atoms with Gasteiger partial charge >= 0.3 is 12.1 Å². The van der Waals surface area contributed by atoms with Gasteiger partial charge in [0.2, 0.25) is 0 Å². The SMILES string of the molecule is Cc1nccc(-c2ccc(C[C@@H](C(=O)O)N(C)C(=O)OC(C)(C)C)c(Cl)c2)c1C. The molecule has 1 aromatic carbocycles. The fourth-order valence-electron chi connectivity index (χ4n) is 2.89. The average molecular weight is 419 g/mol. The second-order valence-electron chi connectivity index (χ2n) is 8.02. The lowest BCUT2D eigenvalue weighted by molar-refractivity contribution is -0.142. The van der Waals surface area contributed by atoms with Crippen molar-refractivity contribution in [3.63, 3.8) is 0 Å². The van der Waals surface area contributed by atoms with Crippen molar-refractivity contribution in [2.24, 2.45) is 0 Å². The lowest BCUT2D eigenvalue weighted by atomic mass is 9.97. The van der Waals surface area contributed by atoms with Gasteiger partial charge < -0.3 is 9.84 Å². The van der Waals surface area contributed by atoms with Gasteiger partial charge in [0.25, 0.3) is 0 Å². The zero-order chi connectivity index (χ0) is 21.9. The number of pyridine rings is 1. The third-order valence-electron chi connectivity index (χ3n) is 4.67. The van der Waals surface area contributed by atoms with E-state index in [0.717, 1.165) is 27.3 Å². The number of hydrogen-bond acceptors (Lipinski definition) is 4. The number of carbonyl (C=O) groups is 2. The van der Waals surface area contributed by atoms with Crippen molar-refractivity contribution in [1.29, 1.82) is 0 Å². The summed E-state index contributed by atoms with van der Waals surface area (Å²) in [6.07, 6.45) is 1.12. The number of likely N-dealkylation sites (N-methyl/N-ethyl adjacent to an activating group) is 1. The lowest BCUT2D eigenvalue weighted by Gasteiger charge is -2.28. The van der Waals surface area contributed by atoms with Gasteiger partial charge in [-0.1, -0.05) is 23.7 Å². The van der Waals surface area contributed by atoms with E-state index in [1.807, 2.05) is 32.0 Å². The van der Waals surface area contributed by atoms with E-state index in [0.29, 0.717) is 10.6 Å². The van der Waals surface area contributed by atoms with E-state index in [1.165, 1.54) is 7.05 Å². The number of aliphatic carboxylic acids is 1. The van der Waals surface area contributed by atoms with Crippen LogP contribution in [0.25, 0.3) is 11.1 Å². The van der Waals surface area contributed by atoms with Crippen LogP contribution in [0.15, 0.2) is 30.5 Å². The van der Waals surface area contributed by atoms with Crippen molar-refractivity contribution in [3.05, 3.63) is 52.3 Å². The number of halogens is 1. The molecule has 1 atom stereocenters. The number of nitrogens with zero attached hydrogens (tertiary/aromatic N) is 2. The van der Waals surface area contributed by atoms with Gasteiger partial charge in [-0.15, -0.1) is 0 Å². The number of carboxylic acids is 1. The summed E-state index contributed by atoms with van der Waals surface area (Å²) < 4.78 is 5.28. The molecule has 0 fully saturated rings. The molecule has 0 saturated heterocycles. The largest absolute Gasteiger partial charge is 0.480 e. The fraction of sp³-hybridized carbons (Fsp3) is 0.409.